The van der Waals surface area contributed by atoms with E-state index in [0.717, 1.165) is 41.8 Å². The van der Waals surface area contributed by atoms with Gasteiger partial charge in [-0.3, -0.25) is 5.32 Å². The molecule has 3 aromatic carbocycles. The number of anilines is 2. The van der Waals surface area contributed by atoms with Gasteiger partial charge in [0.05, 0.1) is 11.4 Å². The van der Waals surface area contributed by atoms with E-state index in [9.17, 15) is 9.59 Å². The number of carbonyl (C=O) groups excluding carboxylic acids is 2. The van der Waals surface area contributed by atoms with Gasteiger partial charge in [-0.2, -0.15) is 5.10 Å². The SMILES string of the molecule is Cc1ccc(OC(=O)N2CCC(Cc3ccc(NC(=O)Nc4cc(C(C)(C)C)nn4-c4ccc(C)cc4)cc3)CC2)cc1. The van der Waals surface area contributed by atoms with Crippen LogP contribution in [-0.2, 0) is 11.8 Å². The predicted octanol–water partition coefficient (Wildman–Crippen LogP) is 7.88. The average Bonchev–Trinajstić information content (AvgIpc) is 3.40. The highest BCUT2D eigenvalue weighted by molar-refractivity contribution is 5.99. The minimum atomic E-state index is -0.327. The molecule has 1 fully saturated rings. The molecule has 0 aliphatic carbocycles. The number of likely N-dealkylation sites (tertiary alicyclic amines) is 1. The maximum atomic E-state index is 13.0. The number of amides is 3. The molecule has 8 heteroatoms. The van der Waals surface area contributed by atoms with Gasteiger partial charge in [0.2, 0.25) is 0 Å². The summed E-state index contributed by atoms with van der Waals surface area (Å²) in [6.07, 6.45) is 2.50. The number of ether oxygens (including phenoxy) is 1. The van der Waals surface area contributed by atoms with Crippen LogP contribution in [0.2, 0.25) is 0 Å². The highest BCUT2D eigenvalue weighted by Crippen LogP contribution is 2.27. The number of aryl methyl sites for hydroxylation is 2. The molecule has 1 saturated heterocycles. The Morgan fingerprint density at radius 2 is 1.47 bits per heavy atom. The van der Waals surface area contributed by atoms with Crippen molar-refractivity contribution in [3.05, 3.63) is 101 Å². The molecule has 0 unspecified atom stereocenters. The minimum Gasteiger partial charge on any atom is -0.410 e. The summed E-state index contributed by atoms with van der Waals surface area (Å²) in [4.78, 5) is 27.3. The van der Waals surface area contributed by atoms with Gasteiger partial charge in [0.1, 0.15) is 11.6 Å². The van der Waals surface area contributed by atoms with Crippen molar-refractivity contribution in [2.75, 3.05) is 23.7 Å². The van der Waals surface area contributed by atoms with Gasteiger partial charge in [0, 0.05) is 30.3 Å². The lowest BCUT2D eigenvalue weighted by Crippen LogP contribution is -2.40. The molecule has 5 rings (SSSR count). The molecule has 2 N–H and O–H groups in total. The van der Waals surface area contributed by atoms with Crippen molar-refractivity contribution in [2.24, 2.45) is 5.92 Å². The fourth-order valence-corrected chi connectivity index (χ4v) is 5.15. The fraction of sp³-hybridized carbons (Fsp3) is 0.343. The lowest BCUT2D eigenvalue weighted by molar-refractivity contribution is 0.131. The van der Waals surface area contributed by atoms with E-state index in [2.05, 4.69) is 43.5 Å². The third-order valence-electron chi connectivity index (χ3n) is 7.83. The third-order valence-corrected chi connectivity index (χ3v) is 7.83. The van der Waals surface area contributed by atoms with Gasteiger partial charge in [-0.05, 0) is 81.0 Å². The summed E-state index contributed by atoms with van der Waals surface area (Å²) in [6.45, 7) is 11.7. The number of piperidine rings is 1. The normalized spacial score (nSPS) is 13.9. The second-order valence-corrected chi connectivity index (χ2v) is 12.5. The van der Waals surface area contributed by atoms with Gasteiger partial charge < -0.3 is 15.0 Å². The van der Waals surface area contributed by atoms with Gasteiger partial charge in [0.15, 0.2) is 0 Å². The maximum Gasteiger partial charge on any atom is 0.415 e. The number of rotatable bonds is 6. The largest absolute Gasteiger partial charge is 0.415 e. The zero-order valence-corrected chi connectivity index (χ0v) is 25.7. The van der Waals surface area contributed by atoms with Crippen molar-refractivity contribution >= 4 is 23.6 Å². The van der Waals surface area contributed by atoms with Crippen LogP contribution in [0.4, 0.5) is 21.1 Å². The number of carbonyl (C=O) groups is 2. The van der Waals surface area contributed by atoms with Crippen LogP contribution in [0.25, 0.3) is 5.69 Å². The van der Waals surface area contributed by atoms with E-state index in [4.69, 9.17) is 9.84 Å². The van der Waals surface area contributed by atoms with Crippen molar-refractivity contribution in [2.45, 2.75) is 59.3 Å². The van der Waals surface area contributed by atoms with Crippen LogP contribution in [0, 0.1) is 19.8 Å². The quantitative estimate of drug-likeness (QED) is 0.243. The lowest BCUT2D eigenvalue weighted by atomic mass is 9.90. The van der Waals surface area contributed by atoms with E-state index in [1.54, 1.807) is 9.58 Å². The molecule has 3 amide bonds. The van der Waals surface area contributed by atoms with Crippen LogP contribution in [0.1, 0.15) is 56.0 Å². The van der Waals surface area contributed by atoms with Crippen LogP contribution >= 0.6 is 0 Å². The van der Waals surface area contributed by atoms with E-state index in [1.165, 1.54) is 5.56 Å². The zero-order valence-electron chi connectivity index (χ0n) is 25.7. The Balaban J connectivity index is 1.13. The summed E-state index contributed by atoms with van der Waals surface area (Å²) in [6, 6.07) is 25.2. The Bertz CT molecular complexity index is 1540. The predicted molar refractivity (Wildman–Crippen MR) is 171 cm³/mol. The first kappa shape index (κ1) is 29.9. The fourth-order valence-electron chi connectivity index (χ4n) is 5.15. The van der Waals surface area contributed by atoms with Gasteiger partial charge in [-0.15, -0.1) is 0 Å². The molecule has 1 aliphatic rings. The molecule has 1 aliphatic heterocycles. The highest BCUT2D eigenvalue weighted by Gasteiger charge is 2.25. The Labute approximate surface area is 254 Å². The monoisotopic (exact) mass is 579 g/mol. The van der Waals surface area contributed by atoms with Gasteiger partial charge in [-0.1, -0.05) is 68.3 Å². The van der Waals surface area contributed by atoms with Crippen molar-refractivity contribution in [3.8, 4) is 11.4 Å². The Kier molecular flexibility index (Phi) is 8.85. The first-order chi connectivity index (χ1) is 20.5. The topological polar surface area (TPSA) is 88.5 Å². The second kappa shape index (κ2) is 12.7. The van der Waals surface area contributed by atoms with Crippen LogP contribution < -0.4 is 15.4 Å². The highest BCUT2D eigenvalue weighted by atomic mass is 16.6. The molecular weight excluding hydrogens is 538 g/mol. The van der Waals surface area contributed by atoms with Crippen molar-refractivity contribution in [3.63, 3.8) is 0 Å². The summed E-state index contributed by atoms with van der Waals surface area (Å²) >= 11 is 0. The molecule has 1 aromatic heterocycles. The number of urea groups is 1. The standard InChI is InChI=1S/C35H41N5O3/c1-24-6-14-29(15-7-24)40-32(23-31(38-40)35(3,4)5)37-33(41)36-28-12-10-26(11-13-28)22-27-18-20-39(21-19-27)34(42)43-30-16-8-25(2)9-17-30/h6-17,23,27H,18-22H2,1-5H3,(H2,36,37,41). The molecule has 0 bridgehead atoms. The molecule has 0 atom stereocenters. The molecule has 0 spiro atoms. The Morgan fingerprint density at radius 3 is 2.07 bits per heavy atom. The van der Waals surface area contributed by atoms with Crippen LogP contribution in [-0.4, -0.2) is 39.9 Å². The Hall–Kier alpha value is -4.59. The summed E-state index contributed by atoms with van der Waals surface area (Å²) in [5.41, 5.74) is 5.82. The zero-order chi connectivity index (χ0) is 30.6. The summed E-state index contributed by atoms with van der Waals surface area (Å²) in [5, 5.41) is 10.7. The van der Waals surface area contributed by atoms with E-state index in [1.807, 2.05) is 80.6 Å². The van der Waals surface area contributed by atoms with Gasteiger partial charge in [-0.25, -0.2) is 14.3 Å². The van der Waals surface area contributed by atoms with Crippen molar-refractivity contribution in [1.82, 2.24) is 14.7 Å². The number of hydrogen-bond acceptors (Lipinski definition) is 4. The number of hydrogen-bond donors (Lipinski definition) is 2. The van der Waals surface area contributed by atoms with E-state index < -0.39 is 0 Å². The van der Waals surface area contributed by atoms with E-state index >= 15 is 0 Å². The van der Waals surface area contributed by atoms with Gasteiger partial charge >= 0.3 is 12.1 Å². The second-order valence-electron chi connectivity index (χ2n) is 12.5. The van der Waals surface area contributed by atoms with Crippen LogP contribution in [0.3, 0.4) is 0 Å². The number of nitrogens with zero attached hydrogens (tertiary/aromatic N) is 3. The first-order valence-electron chi connectivity index (χ1n) is 14.9. The van der Waals surface area contributed by atoms with Crippen molar-refractivity contribution < 1.29 is 14.3 Å². The first-order valence-corrected chi connectivity index (χ1v) is 14.9. The van der Waals surface area contributed by atoms with E-state index in [0.29, 0.717) is 36.3 Å². The van der Waals surface area contributed by atoms with Crippen LogP contribution in [0.15, 0.2) is 78.9 Å². The molecule has 2 heterocycles. The van der Waals surface area contributed by atoms with Gasteiger partial charge in [0.25, 0.3) is 0 Å². The average molecular weight is 580 g/mol. The Morgan fingerprint density at radius 1 is 0.860 bits per heavy atom. The molecule has 8 nitrogen and oxygen atoms in total. The summed E-state index contributed by atoms with van der Waals surface area (Å²) in [7, 11) is 0. The van der Waals surface area contributed by atoms with Crippen LogP contribution in [0.5, 0.6) is 5.75 Å². The lowest BCUT2D eigenvalue weighted by Gasteiger charge is -2.31. The van der Waals surface area contributed by atoms with E-state index in [-0.39, 0.29) is 17.5 Å². The van der Waals surface area contributed by atoms with Crippen molar-refractivity contribution in [1.29, 1.82) is 0 Å². The summed E-state index contributed by atoms with van der Waals surface area (Å²) in [5.74, 6) is 1.67. The molecule has 224 valence electrons. The molecule has 0 saturated carbocycles. The maximum absolute atomic E-state index is 13.0. The third kappa shape index (κ3) is 7.83. The summed E-state index contributed by atoms with van der Waals surface area (Å²) < 4.78 is 7.31. The molecular formula is C35H41N5O3. The number of benzene rings is 3. The number of nitrogens with one attached hydrogen (secondary N) is 2. The minimum absolute atomic E-state index is 0.167. The number of aromatic nitrogens is 2. The molecule has 43 heavy (non-hydrogen) atoms. The smallest absolute Gasteiger partial charge is 0.410 e. The molecule has 4 aromatic rings. The molecule has 0 radical (unpaired) electrons.